The summed E-state index contributed by atoms with van der Waals surface area (Å²) in [5.41, 5.74) is 1.00. The number of aliphatic hydroxyl groups is 1. The molecule has 23 heavy (non-hydrogen) atoms. The molecule has 6 rings (SSSR count). The number of ether oxygens (including phenoxy) is 1. The lowest BCUT2D eigenvalue weighted by molar-refractivity contribution is -0.123. The van der Waals surface area contributed by atoms with Crippen LogP contribution >= 0.6 is 0 Å². The van der Waals surface area contributed by atoms with Gasteiger partial charge in [0.25, 0.3) is 0 Å². The maximum Gasteiger partial charge on any atom is 0.196 e. The van der Waals surface area contributed by atoms with Gasteiger partial charge in [-0.05, 0) is 55.4 Å². The molecule has 4 nitrogen and oxygen atoms in total. The minimum atomic E-state index is -0.990. The Kier molecular flexibility index (Phi) is 1.91. The van der Waals surface area contributed by atoms with Crippen molar-refractivity contribution in [3.63, 3.8) is 0 Å². The molecule has 4 heteroatoms. The second-order valence-corrected chi connectivity index (χ2v) is 8.10. The second kappa shape index (κ2) is 3.48. The van der Waals surface area contributed by atoms with Crippen molar-refractivity contribution in [1.29, 1.82) is 0 Å². The molecule has 2 saturated carbocycles. The fourth-order valence-electron chi connectivity index (χ4n) is 6.14. The first-order valence-electron chi connectivity index (χ1n) is 8.50. The number of phenols is 1. The van der Waals surface area contributed by atoms with Crippen molar-refractivity contribution in [2.45, 2.75) is 43.3 Å². The Morgan fingerprint density at radius 2 is 2.13 bits per heavy atom. The lowest BCUT2D eigenvalue weighted by Gasteiger charge is -2.46. The number of hydrogen-bond donors (Lipinski definition) is 2. The van der Waals surface area contributed by atoms with E-state index < -0.39 is 11.7 Å². The van der Waals surface area contributed by atoms with Gasteiger partial charge in [0.2, 0.25) is 0 Å². The maximum atomic E-state index is 12.6. The van der Waals surface area contributed by atoms with Crippen LogP contribution in [0.2, 0.25) is 0 Å². The smallest absolute Gasteiger partial charge is 0.196 e. The molecule has 1 spiro atoms. The van der Waals surface area contributed by atoms with E-state index in [4.69, 9.17) is 4.74 Å². The van der Waals surface area contributed by atoms with Crippen LogP contribution in [-0.4, -0.2) is 27.7 Å². The Bertz CT molecular complexity index is 812. The third-order valence-electron chi connectivity index (χ3n) is 7.26. The molecule has 0 amide bonds. The third-order valence-corrected chi connectivity index (χ3v) is 7.26. The van der Waals surface area contributed by atoms with E-state index in [2.05, 4.69) is 0 Å². The summed E-state index contributed by atoms with van der Waals surface area (Å²) >= 11 is 0. The van der Waals surface area contributed by atoms with Crippen LogP contribution in [0.3, 0.4) is 0 Å². The number of carbonyl (C=O) groups excluding carboxylic acids is 1. The molecule has 1 heterocycles. The first kappa shape index (κ1) is 12.6. The first-order chi connectivity index (χ1) is 11.0. The Hall–Kier alpha value is -1.81. The molecule has 0 radical (unpaired) electrons. The van der Waals surface area contributed by atoms with Crippen LogP contribution in [0, 0.1) is 17.3 Å². The van der Waals surface area contributed by atoms with E-state index in [9.17, 15) is 15.0 Å². The highest BCUT2D eigenvalue weighted by Crippen LogP contribution is 2.74. The molecule has 4 aliphatic carbocycles. The topological polar surface area (TPSA) is 66.8 Å². The largest absolute Gasteiger partial charge is 0.504 e. The Balaban J connectivity index is 1.77. The van der Waals surface area contributed by atoms with E-state index in [0.29, 0.717) is 11.7 Å². The molecule has 0 aromatic heterocycles. The fourth-order valence-corrected chi connectivity index (χ4v) is 6.14. The Labute approximate surface area is 133 Å². The molecule has 5 aliphatic rings. The van der Waals surface area contributed by atoms with Crippen LogP contribution in [0.15, 0.2) is 24.3 Å². The number of hydrogen-bond acceptors (Lipinski definition) is 4. The number of aromatic hydroxyl groups is 1. The SMILES string of the molecule is O=C1C=C[C@]2(O)[C@H]3CC4CC5CC52Cc2ccc(O)c(c23)O[C@@H]14. The Morgan fingerprint density at radius 3 is 3.00 bits per heavy atom. The lowest BCUT2D eigenvalue weighted by Crippen LogP contribution is -2.49. The number of ketones is 1. The number of phenolic OH excluding ortho intramolecular Hbond substituents is 1. The van der Waals surface area contributed by atoms with Gasteiger partial charge in [-0.1, -0.05) is 6.07 Å². The molecule has 5 bridgehead atoms. The van der Waals surface area contributed by atoms with Crippen molar-refractivity contribution >= 4 is 5.78 Å². The highest BCUT2D eigenvalue weighted by molar-refractivity contribution is 5.95. The molecule has 2 N–H and O–H groups in total. The van der Waals surface area contributed by atoms with Crippen molar-refractivity contribution in [2.75, 3.05) is 0 Å². The highest BCUT2D eigenvalue weighted by Gasteiger charge is 2.73. The van der Waals surface area contributed by atoms with Gasteiger partial charge in [0.15, 0.2) is 23.4 Å². The van der Waals surface area contributed by atoms with Crippen LogP contribution in [0.1, 0.15) is 36.3 Å². The summed E-state index contributed by atoms with van der Waals surface area (Å²) in [4.78, 5) is 12.6. The molecule has 2 fully saturated rings. The molecule has 6 atom stereocenters. The van der Waals surface area contributed by atoms with E-state index >= 15 is 0 Å². The van der Waals surface area contributed by atoms with E-state index in [1.54, 1.807) is 18.2 Å². The summed E-state index contributed by atoms with van der Waals surface area (Å²) < 4.78 is 6.09. The summed E-state index contributed by atoms with van der Waals surface area (Å²) in [6, 6.07) is 3.65. The van der Waals surface area contributed by atoms with Crippen molar-refractivity contribution in [3.05, 3.63) is 35.4 Å². The zero-order valence-corrected chi connectivity index (χ0v) is 12.7. The van der Waals surface area contributed by atoms with Crippen molar-refractivity contribution < 1.29 is 19.7 Å². The molecule has 118 valence electrons. The zero-order chi connectivity index (χ0) is 15.6. The minimum absolute atomic E-state index is 0.0807. The predicted octanol–water partition coefficient (Wildman–Crippen LogP) is 2.08. The number of carbonyl (C=O) groups is 1. The van der Waals surface area contributed by atoms with Gasteiger partial charge in [0.1, 0.15) is 0 Å². The number of benzene rings is 1. The van der Waals surface area contributed by atoms with Gasteiger partial charge in [0, 0.05) is 22.8 Å². The van der Waals surface area contributed by atoms with E-state index in [-0.39, 0.29) is 28.8 Å². The standard InChI is InChI=1S/C19H18O4/c20-13-2-1-9-7-18-8-11(18)5-10-6-12-15(9)17(13)23-16(10)14(21)3-4-19(12,18)22/h1-4,10-12,16,20,22H,5-8H2/t10?,11?,12-,16+,18?,19-/m0/s1. The highest BCUT2D eigenvalue weighted by atomic mass is 16.5. The summed E-state index contributed by atoms with van der Waals surface area (Å²) in [5.74, 6) is 0.941. The van der Waals surface area contributed by atoms with E-state index in [1.165, 1.54) is 5.56 Å². The van der Waals surface area contributed by atoms with Crippen molar-refractivity contribution in [2.24, 2.45) is 17.3 Å². The molecular formula is C19H18O4. The summed E-state index contributed by atoms with van der Waals surface area (Å²) in [6.45, 7) is 0. The first-order valence-corrected chi connectivity index (χ1v) is 8.50. The van der Waals surface area contributed by atoms with Crippen molar-refractivity contribution in [3.8, 4) is 11.5 Å². The van der Waals surface area contributed by atoms with Gasteiger partial charge in [-0.2, -0.15) is 0 Å². The van der Waals surface area contributed by atoms with Gasteiger partial charge in [-0.3, -0.25) is 4.79 Å². The molecule has 1 aromatic carbocycles. The van der Waals surface area contributed by atoms with Crippen LogP contribution in [-0.2, 0) is 11.2 Å². The quantitative estimate of drug-likeness (QED) is 0.770. The normalized spacial score (nSPS) is 47.4. The second-order valence-electron chi connectivity index (χ2n) is 8.10. The average molecular weight is 310 g/mol. The van der Waals surface area contributed by atoms with Crippen LogP contribution in [0.25, 0.3) is 0 Å². The van der Waals surface area contributed by atoms with Crippen molar-refractivity contribution in [1.82, 2.24) is 0 Å². The summed E-state index contributed by atoms with van der Waals surface area (Å²) in [7, 11) is 0. The maximum absolute atomic E-state index is 12.6. The summed E-state index contributed by atoms with van der Waals surface area (Å²) in [5, 5.41) is 22.0. The van der Waals surface area contributed by atoms with Gasteiger partial charge in [-0.15, -0.1) is 0 Å². The Morgan fingerprint density at radius 1 is 1.26 bits per heavy atom. The summed E-state index contributed by atoms with van der Waals surface area (Å²) in [6.07, 6.45) is 6.31. The van der Waals surface area contributed by atoms with E-state index in [1.807, 2.05) is 6.07 Å². The van der Waals surface area contributed by atoms with Crippen LogP contribution < -0.4 is 4.74 Å². The minimum Gasteiger partial charge on any atom is -0.504 e. The van der Waals surface area contributed by atoms with Crippen LogP contribution in [0.4, 0.5) is 0 Å². The average Bonchev–Trinajstić information content (AvgIpc) is 3.24. The third kappa shape index (κ3) is 1.21. The molecule has 0 saturated heterocycles. The molecule has 1 aromatic rings. The monoisotopic (exact) mass is 310 g/mol. The molecule has 1 aliphatic heterocycles. The molecule has 3 unspecified atom stereocenters. The van der Waals surface area contributed by atoms with Gasteiger partial charge in [-0.25, -0.2) is 0 Å². The van der Waals surface area contributed by atoms with Crippen LogP contribution in [0.5, 0.6) is 11.5 Å². The number of rotatable bonds is 0. The zero-order valence-electron chi connectivity index (χ0n) is 12.7. The lowest BCUT2D eigenvalue weighted by atomic mass is 9.61. The van der Waals surface area contributed by atoms with Gasteiger partial charge >= 0.3 is 0 Å². The predicted molar refractivity (Wildman–Crippen MR) is 81.3 cm³/mol. The fraction of sp³-hybridized carbons (Fsp3) is 0.526. The van der Waals surface area contributed by atoms with Gasteiger partial charge < -0.3 is 14.9 Å². The molecular weight excluding hydrogens is 292 g/mol. The van der Waals surface area contributed by atoms with Gasteiger partial charge in [0.05, 0.1) is 5.60 Å². The van der Waals surface area contributed by atoms with E-state index in [0.717, 1.165) is 31.2 Å².